The highest BCUT2D eigenvalue weighted by Crippen LogP contribution is 2.14. The minimum atomic E-state index is -1.35. The molecule has 0 spiro atoms. The van der Waals surface area contributed by atoms with Crippen molar-refractivity contribution >= 4 is 28.8 Å². The molecule has 0 radical (unpaired) electrons. The number of carbonyl (C=O) groups excluding carboxylic acids is 2. The van der Waals surface area contributed by atoms with Crippen molar-refractivity contribution in [2.45, 2.75) is 12.5 Å². The molecule has 0 fully saturated rings. The lowest BCUT2D eigenvalue weighted by Crippen LogP contribution is -2.53. The Morgan fingerprint density at radius 3 is 2.45 bits per heavy atom. The first-order chi connectivity index (χ1) is 14.0. The molecule has 1 heterocycles. The SMILES string of the molecule is COc1ccc(CC(NC(=O)O)C(=O)NNC(=O)c2cc3ccccc3[nH]2)cc1. The summed E-state index contributed by atoms with van der Waals surface area (Å²) >= 11 is 0. The number of benzene rings is 2. The molecule has 3 amide bonds. The van der Waals surface area contributed by atoms with E-state index >= 15 is 0 Å². The maximum absolute atomic E-state index is 12.4. The molecule has 5 N–H and O–H groups in total. The van der Waals surface area contributed by atoms with E-state index in [-0.39, 0.29) is 12.1 Å². The van der Waals surface area contributed by atoms with Gasteiger partial charge in [0.15, 0.2) is 0 Å². The van der Waals surface area contributed by atoms with E-state index in [1.54, 1.807) is 30.3 Å². The summed E-state index contributed by atoms with van der Waals surface area (Å²) in [6.45, 7) is 0. The second-order valence-corrected chi connectivity index (χ2v) is 6.27. The quantitative estimate of drug-likeness (QED) is 0.406. The van der Waals surface area contributed by atoms with E-state index in [1.165, 1.54) is 7.11 Å². The van der Waals surface area contributed by atoms with E-state index in [4.69, 9.17) is 9.84 Å². The predicted molar refractivity (Wildman–Crippen MR) is 106 cm³/mol. The van der Waals surface area contributed by atoms with Crippen LogP contribution >= 0.6 is 0 Å². The topological polar surface area (TPSA) is 133 Å². The molecule has 3 rings (SSSR count). The lowest BCUT2D eigenvalue weighted by molar-refractivity contribution is -0.123. The monoisotopic (exact) mass is 396 g/mol. The summed E-state index contributed by atoms with van der Waals surface area (Å²) in [6.07, 6.45) is -1.25. The van der Waals surface area contributed by atoms with Crippen LogP contribution in [0, 0.1) is 0 Å². The molecule has 2 aromatic carbocycles. The third-order valence-electron chi connectivity index (χ3n) is 4.29. The Morgan fingerprint density at radius 2 is 1.79 bits per heavy atom. The molecule has 0 aliphatic carbocycles. The van der Waals surface area contributed by atoms with Gasteiger partial charge in [-0.2, -0.15) is 0 Å². The molecule has 1 unspecified atom stereocenters. The number of amides is 3. The highest BCUT2D eigenvalue weighted by Gasteiger charge is 2.22. The van der Waals surface area contributed by atoms with E-state index in [1.807, 2.05) is 24.3 Å². The molecule has 9 heteroatoms. The summed E-state index contributed by atoms with van der Waals surface area (Å²) in [4.78, 5) is 38.7. The molecule has 9 nitrogen and oxygen atoms in total. The number of para-hydroxylation sites is 1. The van der Waals surface area contributed by atoms with Gasteiger partial charge in [-0.15, -0.1) is 0 Å². The summed E-state index contributed by atoms with van der Waals surface area (Å²) in [5.74, 6) is -0.590. The summed E-state index contributed by atoms with van der Waals surface area (Å²) in [5, 5.41) is 12.0. The predicted octanol–water partition coefficient (Wildman–Crippen LogP) is 1.82. The lowest BCUT2D eigenvalue weighted by atomic mass is 10.1. The van der Waals surface area contributed by atoms with Crippen LogP contribution in [0.5, 0.6) is 5.75 Å². The number of carbonyl (C=O) groups is 3. The molecule has 1 atom stereocenters. The van der Waals surface area contributed by atoms with Crippen LogP contribution in [-0.2, 0) is 11.2 Å². The third kappa shape index (κ3) is 5.04. The molecule has 150 valence electrons. The summed E-state index contributed by atoms with van der Waals surface area (Å²) in [6, 6.07) is 14.8. The van der Waals surface area contributed by atoms with Crippen molar-refractivity contribution in [2.75, 3.05) is 7.11 Å². The molecule has 0 saturated heterocycles. The van der Waals surface area contributed by atoms with Crippen LogP contribution < -0.4 is 20.9 Å². The number of rotatable bonds is 6. The van der Waals surface area contributed by atoms with Crippen LogP contribution in [0.15, 0.2) is 54.6 Å². The van der Waals surface area contributed by atoms with Crippen molar-refractivity contribution in [3.05, 3.63) is 65.9 Å². The Hall–Kier alpha value is -4.01. The van der Waals surface area contributed by atoms with Gasteiger partial charge in [0.2, 0.25) is 0 Å². The maximum atomic E-state index is 12.4. The molecule has 0 aliphatic heterocycles. The molecular weight excluding hydrogens is 376 g/mol. The van der Waals surface area contributed by atoms with Gasteiger partial charge < -0.3 is 20.1 Å². The number of hydrogen-bond acceptors (Lipinski definition) is 4. The van der Waals surface area contributed by atoms with Crippen LogP contribution in [0.1, 0.15) is 16.1 Å². The number of hydrogen-bond donors (Lipinski definition) is 5. The molecule has 0 saturated carbocycles. The fraction of sp³-hybridized carbons (Fsp3) is 0.150. The van der Waals surface area contributed by atoms with E-state index < -0.39 is 23.9 Å². The largest absolute Gasteiger partial charge is 0.497 e. The number of aromatic nitrogens is 1. The van der Waals surface area contributed by atoms with Crippen molar-refractivity contribution in [1.82, 2.24) is 21.2 Å². The number of H-pyrrole nitrogens is 1. The van der Waals surface area contributed by atoms with Gasteiger partial charge in [0, 0.05) is 17.3 Å². The molecule has 0 bridgehead atoms. The van der Waals surface area contributed by atoms with E-state index in [2.05, 4.69) is 21.2 Å². The van der Waals surface area contributed by atoms with E-state index in [9.17, 15) is 14.4 Å². The van der Waals surface area contributed by atoms with Crippen LogP contribution in [0.4, 0.5) is 4.79 Å². The van der Waals surface area contributed by atoms with Gasteiger partial charge in [0.1, 0.15) is 17.5 Å². The van der Waals surface area contributed by atoms with Gasteiger partial charge in [-0.25, -0.2) is 4.79 Å². The standard InChI is InChI=1S/C20H20N4O5/c1-29-14-8-6-12(7-9-14)10-16(22-20(27)28)18(25)23-24-19(26)17-11-13-4-2-3-5-15(13)21-17/h2-9,11,16,21-22H,10H2,1H3,(H,23,25)(H,24,26)(H,27,28). The minimum Gasteiger partial charge on any atom is -0.497 e. The van der Waals surface area contributed by atoms with Crippen LogP contribution in [-0.4, -0.2) is 41.1 Å². The van der Waals surface area contributed by atoms with Crippen LogP contribution in [0.3, 0.4) is 0 Å². The van der Waals surface area contributed by atoms with Crippen molar-refractivity contribution < 1.29 is 24.2 Å². The number of hydrazine groups is 1. The highest BCUT2D eigenvalue weighted by molar-refractivity contribution is 5.99. The Labute approximate surface area is 166 Å². The molecule has 3 aromatic rings. The number of fused-ring (bicyclic) bond motifs is 1. The zero-order valence-corrected chi connectivity index (χ0v) is 15.6. The molecular formula is C20H20N4O5. The van der Waals surface area contributed by atoms with Crippen molar-refractivity contribution in [3.8, 4) is 5.75 Å². The second kappa shape index (κ2) is 8.79. The lowest BCUT2D eigenvalue weighted by Gasteiger charge is -2.17. The van der Waals surface area contributed by atoms with Gasteiger partial charge in [0.25, 0.3) is 11.8 Å². The van der Waals surface area contributed by atoms with Crippen molar-refractivity contribution in [3.63, 3.8) is 0 Å². The Morgan fingerprint density at radius 1 is 1.07 bits per heavy atom. The Kier molecular flexibility index (Phi) is 5.98. The zero-order valence-electron chi connectivity index (χ0n) is 15.6. The normalized spacial score (nSPS) is 11.5. The highest BCUT2D eigenvalue weighted by atomic mass is 16.5. The average molecular weight is 396 g/mol. The zero-order chi connectivity index (χ0) is 20.8. The van der Waals surface area contributed by atoms with Gasteiger partial charge in [-0.1, -0.05) is 30.3 Å². The van der Waals surface area contributed by atoms with Gasteiger partial charge >= 0.3 is 6.09 Å². The Balaban J connectivity index is 1.63. The third-order valence-corrected chi connectivity index (χ3v) is 4.29. The van der Waals surface area contributed by atoms with Crippen LogP contribution in [0.25, 0.3) is 10.9 Å². The number of ether oxygens (including phenoxy) is 1. The van der Waals surface area contributed by atoms with Crippen molar-refractivity contribution in [1.29, 1.82) is 0 Å². The fourth-order valence-electron chi connectivity index (χ4n) is 2.82. The average Bonchev–Trinajstić information content (AvgIpc) is 3.16. The first-order valence-electron chi connectivity index (χ1n) is 8.76. The molecule has 29 heavy (non-hydrogen) atoms. The maximum Gasteiger partial charge on any atom is 0.405 e. The van der Waals surface area contributed by atoms with Crippen LogP contribution in [0.2, 0.25) is 0 Å². The van der Waals surface area contributed by atoms with E-state index in [0.29, 0.717) is 5.75 Å². The van der Waals surface area contributed by atoms with Gasteiger partial charge in [0.05, 0.1) is 7.11 Å². The summed E-state index contributed by atoms with van der Waals surface area (Å²) in [5.41, 5.74) is 6.34. The number of carboxylic acid groups (broad SMARTS) is 1. The van der Waals surface area contributed by atoms with E-state index in [0.717, 1.165) is 16.5 Å². The number of methoxy groups -OCH3 is 1. The first-order valence-corrected chi connectivity index (χ1v) is 8.76. The number of aromatic amines is 1. The van der Waals surface area contributed by atoms with Crippen molar-refractivity contribution in [2.24, 2.45) is 0 Å². The molecule has 1 aromatic heterocycles. The van der Waals surface area contributed by atoms with Gasteiger partial charge in [-0.3, -0.25) is 20.4 Å². The Bertz CT molecular complexity index is 996. The smallest absolute Gasteiger partial charge is 0.405 e. The fourth-order valence-corrected chi connectivity index (χ4v) is 2.82. The molecule has 0 aliphatic rings. The summed E-state index contributed by atoms with van der Waals surface area (Å²) < 4.78 is 5.08. The first kappa shape index (κ1) is 19.7. The number of nitrogens with one attached hydrogen (secondary N) is 4. The van der Waals surface area contributed by atoms with Gasteiger partial charge in [-0.05, 0) is 29.8 Å². The summed E-state index contributed by atoms with van der Waals surface area (Å²) in [7, 11) is 1.53. The second-order valence-electron chi connectivity index (χ2n) is 6.27. The minimum absolute atomic E-state index is 0.102.